The Kier molecular flexibility index (Phi) is 2.89. The highest BCUT2D eigenvalue weighted by Gasteiger charge is 2.17. The Morgan fingerprint density at radius 3 is 2.81 bits per heavy atom. The van der Waals surface area contributed by atoms with E-state index in [2.05, 4.69) is 0 Å². The van der Waals surface area contributed by atoms with Gasteiger partial charge in [0.15, 0.2) is 0 Å². The number of rotatable bonds is 2. The monoisotopic (exact) mass is 282 g/mol. The average Bonchev–Trinajstić information content (AvgIpc) is 3.01. The molecule has 3 aromatic rings. The minimum Gasteiger partial charge on any atom is -0.488 e. The molecular weight excluding hydrogens is 268 g/mol. The van der Waals surface area contributed by atoms with Crippen molar-refractivity contribution in [1.29, 1.82) is 0 Å². The van der Waals surface area contributed by atoms with E-state index in [1.54, 1.807) is 12.1 Å². The number of ether oxygens (including phenoxy) is 2. The van der Waals surface area contributed by atoms with Crippen LogP contribution in [-0.2, 0) is 4.74 Å². The number of hydrogen-bond donors (Lipinski definition) is 0. The molecule has 106 valence electrons. The summed E-state index contributed by atoms with van der Waals surface area (Å²) < 4.78 is 16.5. The number of para-hydroxylation sites is 1. The van der Waals surface area contributed by atoms with Crippen LogP contribution in [-0.4, -0.2) is 19.3 Å². The third-order valence-electron chi connectivity index (χ3n) is 3.78. The van der Waals surface area contributed by atoms with Gasteiger partial charge in [0.1, 0.15) is 17.4 Å². The zero-order valence-corrected chi connectivity index (χ0v) is 11.4. The summed E-state index contributed by atoms with van der Waals surface area (Å²) in [7, 11) is 0. The van der Waals surface area contributed by atoms with Crippen LogP contribution in [0.2, 0.25) is 0 Å². The fraction of sp³-hybridized carbons (Fsp3) is 0.235. The van der Waals surface area contributed by atoms with Crippen LogP contribution >= 0.6 is 0 Å². The van der Waals surface area contributed by atoms with Gasteiger partial charge in [-0.05, 0) is 24.3 Å². The molecule has 0 aliphatic carbocycles. The van der Waals surface area contributed by atoms with E-state index in [1.807, 2.05) is 30.3 Å². The standard InChI is InChI=1S/C17H14O4/c18-17-15-9-11(20-12-7-8-19-10-12)5-6-13(15)14-3-1-2-4-16(14)21-17/h1-6,9,12H,7-8,10H2. The lowest BCUT2D eigenvalue weighted by Crippen LogP contribution is -2.15. The maximum atomic E-state index is 12.1. The number of hydrogen-bond acceptors (Lipinski definition) is 4. The van der Waals surface area contributed by atoms with Gasteiger partial charge >= 0.3 is 5.63 Å². The van der Waals surface area contributed by atoms with Crippen LogP contribution in [0.15, 0.2) is 51.7 Å². The summed E-state index contributed by atoms with van der Waals surface area (Å²) in [5.41, 5.74) is 0.268. The lowest BCUT2D eigenvalue weighted by molar-refractivity contribution is 0.141. The molecule has 1 unspecified atom stereocenters. The van der Waals surface area contributed by atoms with Gasteiger partial charge in [0.2, 0.25) is 0 Å². The van der Waals surface area contributed by atoms with Gasteiger partial charge in [-0.25, -0.2) is 4.79 Å². The molecule has 1 aromatic heterocycles. The van der Waals surface area contributed by atoms with Gasteiger partial charge in [0, 0.05) is 17.2 Å². The summed E-state index contributed by atoms with van der Waals surface area (Å²) in [4.78, 5) is 12.1. The fourth-order valence-electron chi connectivity index (χ4n) is 2.73. The second-order valence-corrected chi connectivity index (χ2v) is 5.20. The summed E-state index contributed by atoms with van der Waals surface area (Å²) in [5.74, 6) is 0.681. The van der Waals surface area contributed by atoms with Crippen LogP contribution in [0.25, 0.3) is 21.7 Å². The molecule has 0 bridgehead atoms. The molecule has 1 fully saturated rings. The maximum absolute atomic E-state index is 12.1. The normalized spacial score (nSPS) is 18.4. The Hall–Kier alpha value is -2.33. The quantitative estimate of drug-likeness (QED) is 0.535. The van der Waals surface area contributed by atoms with Crippen LogP contribution in [0, 0.1) is 0 Å². The van der Waals surface area contributed by atoms with Crippen molar-refractivity contribution >= 4 is 21.7 Å². The van der Waals surface area contributed by atoms with Crippen molar-refractivity contribution in [3.05, 3.63) is 52.9 Å². The highest BCUT2D eigenvalue weighted by molar-refractivity contribution is 6.04. The van der Waals surface area contributed by atoms with Crippen molar-refractivity contribution in [3.63, 3.8) is 0 Å². The van der Waals surface area contributed by atoms with Gasteiger partial charge in [0.25, 0.3) is 0 Å². The Morgan fingerprint density at radius 2 is 1.95 bits per heavy atom. The van der Waals surface area contributed by atoms with Crippen molar-refractivity contribution in [2.45, 2.75) is 12.5 Å². The Bertz CT molecular complexity index is 859. The molecule has 0 radical (unpaired) electrons. The van der Waals surface area contributed by atoms with Crippen molar-refractivity contribution in [1.82, 2.24) is 0 Å². The van der Waals surface area contributed by atoms with Gasteiger partial charge in [-0.15, -0.1) is 0 Å². The number of benzene rings is 2. The molecule has 1 atom stereocenters. The lowest BCUT2D eigenvalue weighted by Gasteiger charge is -2.12. The second-order valence-electron chi connectivity index (χ2n) is 5.20. The van der Waals surface area contributed by atoms with Crippen molar-refractivity contribution < 1.29 is 13.9 Å². The van der Waals surface area contributed by atoms with Gasteiger partial charge in [-0.1, -0.05) is 18.2 Å². The minimum absolute atomic E-state index is 0.0648. The molecule has 1 aliphatic heterocycles. The second kappa shape index (κ2) is 4.90. The first-order valence-electron chi connectivity index (χ1n) is 7.01. The molecule has 1 aliphatic rings. The Balaban J connectivity index is 1.85. The van der Waals surface area contributed by atoms with E-state index in [4.69, 9.17) is 13.9 Å². The smallest absolute Gasteiger partial charge is 0.344 e. The average molecular weight is 282 g/mol. The highest BCUT2D eigenvalue weighted by atomic mass is 16.5. The summed E-state index contributed by atoms with van der Waals surface area (Å²) in [6, 6.07) is 13.1. The molecule has 4 heteroatoms. The molecule has 4 rings (SSSR count). The Morgan fingerprint density at radius 1 is 1.05 bits per heavy atom. The van der Waals surface area contributed by atoms with E-state index >= 15 is 0 Å². The zero-order chi connectivity index (χ0) is 14.2. The summed E-state index contributed by atoms with van der Waals surface area (Å²) in [6.45, 7) is 1.33. The molecule has 4 nitrogen and oxygen atoms in total. The third kappa shape index (κ3) is 2.17. The summed E-state index contributed by atoms with van der Waals surface area (Å²) in [5, 5.41) is 2.37. The summed E-state index contributed by atoms with van der Waals surface area (Å²) >= 11 is 0. The first-order valence-corrected chi connectivity index (χ1v) is 7.01. The van der Waals surface area contributed by atoms with Crippen LogP contribution in [0.4, 0.5) is 0 Å². The van der Waals surface area contributed by atoms with E-state index < -0.39 is 0 Å². The molecule has 2 heterocycles. The molecule has 21 heavy (non-hydrogen) atoms. The topological polar surface area (TPSA) is 48.7 Å². The van der Waals surface area contributed by atoms with Crippen molar-refractivity contribution in [2.75, 3.05) is 13.2 Å². The lowest BCUT2D eigenvalue weighted by atomic mass is 10.1. The SMILES string of the molecule is O=c1oc2ccccc2c2ccc(OC3CCOC3)cc12. The highest BCUT2D eigenvalue weighted by Crippen LogP contribution is 2.26. The van der Waals surface area contributed by atoms with E-state index in [0.717, 1.165) is 23.8 Å². The van der Waals surface area contributed by atoms with Crippen LogP contribution in [0.1, 0.15) is 6.42 Å². The number of fused-ring (bicyclic) bond motifs is 3. The van der Waals surface area contributed by atoms with Gasteiger partial charge in [-0.3, -0.25) is 0 Å². The molecule has 1 saturated heterocycles. The van der Waals surface area contributed by atoms with E-state index in [0.29, 0.717) is 23.3 Å². The molecule has 0 N–H and O–H groups in total. The first-order chi connectivity index (χ1) is 10.3. The minimum atomic E-state index is -0.336. The maximum Gasteiger partial charge on any atom is 0.344 e. The van der Waals surface area contributed by atoms with Crippen molar-refractivity contribution in [3.8, 4) is 5.75 Å². The third-order valence-corrected chi connectivity index (χ3v) is 3.78. The Labute approximate surface area is 120 Å². The molecular formula is C17H14O4. The predicted molar refractivity (Wildman–Crippen MR) is 79.8 cm³/mol. The summed E-state index contributed by atoms with van der Waals surface area (Å²) in [6.07, 6.45) is 0.944. The van der Waals surface area contributed by atoms with Gasteiger partial charge in [-0.2, -0.15) is 0 Å². The van der Waals surface area contributed by atoms with E-state index in [1.165, 1.54) is 0 Å². The van der Waals surface area contributed by atoms with Crippen LogP contribution < -0.4 is 10.4 Å². The van der Waals surface area contributed by atoms with Crippen molar-refractivity contribution in [2.24, 2.45) is 0 Å². The van der Waals surface area contributed by atoms with Gasteiger partial charge in [0.05, 0.1) is 18.6 Å². The van der Waals surface area contributed by atoms with Gasteiger partial charge < -0.3 is 13.9 Å². The van der Waals surface area contributed by atoms with Crippen LogP contribution in [0.5, 0.6) is 5.75 Å². The molecule has 2 aromatic carbocycles. The van der Waals surface area contributed by atoms with Crippen LogP contribution in [0.3, 0.4) is 0 Å². The zero-order valence-electron chi connectivity index (χ0n) is 11.4. The van der Waals surface area contributed by atoms with E-state index in [-0.39, 0.29) is 11.7 Å². The molecule has 0 saturated carbocycles. The van der Waals surface area contributed by atoms with E-state index in [9.17, 15) is 4.79 Å². The largest absolute Gasteiger partial charge is 0.488 e. The fourth-order valence-corrected chi connectivity index (χ4v) is 2.73. The molecule has 0 amide bonds. The predicted octanol–water partition coefficient (Wildman–Crippen LogP) is 3.11. The first kappa shape index (κ1) is 12.4. The molecule has 0 spiro atoms.